The van der Waals surface area contributed by atoms with Crippen LogP contribution in [0.3, 0.4) is 0 Å². The summed E-state index contributed by atoms with van der Waals surface area (Å²) in [4.78, 5) is 33.5. The van der Waals surface area contributed by atoms with Gasteiger partial charge >= 0.3 is 6.03 Å². The average molecular weight is 396 g/mol. The maximum absolute atomic E-state index is 12.9. The minimum absolute atomic E-state index is 0.199. The molecular formula is C23H20N6O. The van der Waals surface area contributed by atoms with Gasteiger partial charge in [0.1, 0.15) is 0 Å². The first-order chi connectivity index (χ1) is 14.6. The Morgan fingerprint density at radius 1 is 0.600 bits per heavy atom. The van der Waals surface area contributed by atoms with Crippen LogP contribution in [0, 0.1) is 0 Å². The Hall–Kier alpha value is -4.13. The van der Waals surface area contributed by atoms with Crippen LogP contribution < -0.4 is 9.80 Å². The monoisotopic (exact) mass is 396 g/mol. The first-order valence-electron chi connectivity index (χ1n) is 9.40. The second-order valence-corrected chi connectivity index (χ2v) is 6.63. The van der Waals surface area contributed by atoms with Gasteiger partial charge in [0.05, 0.1) is 46.5 Å². The van der Waals surface area contributed by atoms with Crippen LogP contribution in [0.2, 0.25) is 0 Å². The van der Waals surface area contributed by atoms with E-state index in [1.54, 1.807) is 48.7 Å². The Morgan fingerprint density at radius 3 is 1.37 bits per heavy atom. The summed E-state index contributed by atoms with van der Waals surface area (Å²) in [5.74, 6) is 0. The summed E-state index contributed by atoms with van der Waals surface area (Å²) in [6, 6.07) is 18.5. The highest BCUT2D eigenvalue weighted by atomic mass is 16.2. The molecule has 0 radical (unpaired) electrons. The molecule has 148 valence electrons. The quantitative estimate of drug-likeness (QED) is 0.514. The summed E-state index contributed by atoms with van der Waals surface area (Å²) in [6.45, 7) is 0. The molecule has 0 saturated carbocycles. The molecule has 0 unspecified atom stereocenters. The van der Waals surface area contributed by atoms with Crippen LogP contribution in [-0.2, 0) is 0 Å². The van der Waals surface area contributed by atoms with Crippen LogP contribution in [0.4, 0.5) is 16.2 Å². The van der Waals surface area contributed by atoms with Gasteiger partial charge in [0, 0.05) is 26.5 Å². The van der Waals surface area contributed by atoms with E-state index >= 15 is 0 Å². The van der Waals surface area contributed by atoms with Crippen molar-refractivity contribution in [3.8, 4) is 22.8 Å². The third kappa shape index (κ3) is 4.00. The molecule has 30 heavy (non-hydrogen) atoms. The van der Waals surface area contributed by atoms with Crippen molar-refractivity contribution in [2.45, 2.75) is 0 Å². The summed E-state index contributed by atoms with van der Waals surface area (Å²) in [5.41, 5.74) is 4.45. The standard InChI is InChI=1S/C23H20N6O/c1-28(17-9-11-21(26-15-17)19-7-3-5-13-24-19)23(30)29(2)18-10-12-22(27-16-18)20-8-4-6-14-25-20/h3-16H,1-2H3. The summed E-state index contributed by atoms with van der Waals surface area (Å²) in [6.07, 6.45) is 6.78. The van der Waals surface area contributed by atoms with E-state index in [-0.39, 0.29) is 6.03 Å². The second kappa shape index (κ2) is 8.48. The number of rotatable bonds is 4. The van der Waals surface area contributed by atoms with E-state index in [4.69, 9.17) is 0 Å². The molecule has 0 bridgehead atoms. The summed E-state index contributed by atoms with van der Waals surface area (Å²) in [5, 5.41) is 0. The van der Waals surface area contributed by atoms with Crippen LogP contribution in [0.1, 0.15) is 0 Å². The largest absolute Gasteiger partial charge is 0.328 e. The predicted molar refractivity (Wildman–Crippen MR) is 117 cm³/mol. The fourth-order valence-electron chi connectivity index (χ4n) is 2.95. The third-order valence-electron chi connectivity index (χ3n) is 4.70. The number of hydrogen-bond donors (Lipinski definition) is 0. The minimum Gasteiger partial charge on any atom is -0.296 e. The number of hydrogen-bond acceptors (Lipinski definition) is 5. The Morgan fingerprint density at radius 2 is 1.03 bits per heavy atom. The van der Waals surface area contributed by atoms with Gasteiger partial charge in [-0.25, -0.2) is 4.79 Å². The molecule has 0 saturated heterocycles. The number of anilines is 2. The zero-order valence-electron chi connectivity index (χ0n) is 16.7. The Balaban J connectivity index is 1.48. The van der Waals surface area contributed by atoms with Crippen LogP contribution in [0.15, 0.2) is 85.5 Å². The molecule has 4 rings (SSSR count). The number of carbonyl (C=O) groups excluding carboxylic acids is 1. The number of urea groups is 1. The third-order valence-corrected chi connectivity index (χ3v) is 4.70. The van der Waals surface area contributed by atoms with E-state index in [0.717, 1.165) is 22.8 Å². The van der Waals surface area contributed by atoms with Gasteiger partial charge < -0.3 is 0 Å². The van der Waals surface area contributed by atoms with E-state index in [9.17, 15) is 4.79 Å². The fourth-order valence-corrected chi connectivity index (χ4v) is 2.95. The Bertz CT molecular complexity index is 1020. The second-order valence-electron chi connectivity index (χ2n) is 6.63. The van der Waals surface area contributed by atoms with Crippen LogP contribution in [0.5, 0.6) is 0 Å². The van der Waals surface area contributed by atoms with E-state index in [1.807, 2.05) is 60.7 Å². The van der Waals surface area contributed by atoms with Gasteiger partial charge in [0.25, 0.3) is 0 Å². The lowest BCUT2D eigenvalue weighted by Gasteiger charge is -2.24. The summed E-state index contributed by atoms with van der Waals surface area (Å²) < 4.78 is 0. The van der Waals surface area contributed by atoms with E-state index in [1.165, 1.54) is 0 Å². The summed E-state index contributed by atoms with van der Waals surface area (Å²) >= 11 is 0. The highest BCUT2D eigenvalue weighted by Gasteiger charge is 2.18. The highest BCUT2D eigenvalue weighted by Crippen LogP contribution is 2.22. The van der Waals surface area contributed by atoms with Crippen LogP contribution in [0.25, 0.3) is 22.8 Å². The zero-order chi connectivity index (χ0) is 20.9. The molecular weight excluding hydrogens is 376 g/mol. The lowest BCUT2D eigenvalue weighted by atomic mass is 10.2. The fraction of sp³-hybridized carbons (Fsp3) is 0.0870. The molecule has 0 atom stereocenters. The van der Waals surface area contributed by atoms with Gasteiger partial charge in [-0.3, -0.25) is 29.7 Å². The molecule has 7 heteroatoms. The van der Waals surface area contributed by atoms with Crippen molar-refractivity contribution < 1.29 is 4.79 Å². The summed E-state index contributed by atoms with van der Waals surface area (Å²) in [7, 11) is 3.43. The normalized spacial score (nSPS) is 10.5. The van der Waals surface area contributed by atoms with Crippen molar-refractivity contribution in [1.29, 1.82) is 0 Å². The van der Waals surface area contributed by atoms with Crippen molar-refractivity contribution >= 4 is 17.4 Å². The van der Waals surface area contributed by atoms with Gasteiger partial charge in [-0.2, -0.15) is 0 Å². The predicted octanol–water partition coefficient (Wildman–Crippen LogP) is 4.29. The smallest absolute Gasteiger partial charge is 0.296 e. The maximum Gasteiger partial charge on any atom is 0.328 e. The molecule has 4 aromatic heterocycles. The number of aromatic nitrogens is 4. The Kier molecular flexibility index (Phi) is 5.43. The highest BCUT2D eigenvalue weighted by molar-refractivity contribution is 6.02. The average Bonchev–Trinajstić information content (AvgIpc) is 2.84. The number of pyridine rings is 4. The van der Waals surface area contributed by atoms with Crippen molar-refractivity contribution in [3.63, 3.8) is 0 Å². The Labute approximate surface area is 174 Å². The molecule has 0 aliphatic rings. The number of nitrogens with zero attached hydrogens (tertiary/aromatic N) is 6. The number of carbonyl (C=O) groups is 1. The van der Waals surface area contributed by atoms with Crippen LogP contribution in [-0.4, -0.2) is 40.1 Å². The van der Waals surface area contributed by atoms with Gasteiger partial charge in [-0.1, -0.05) is 12.1 Å². The van der Waals surface area contributed by atoms with Gasteiger partial charge in [-0.05, 0) is 48.5 Å². The molecule has 0 fully saturated rings. The molecule has 0 aliphatic carbocycles. The SMILES string of the molecule is CN(C(=O)N(C)c1ccc(-c2ccccn2)nc1)c1ccc(-c2ccccn2)nc1. The van der Waals surface area contributed by atoms with Crippen LogP contribution >= 0.6 is 0 Å². The van der Waals surface area contributed by atoms with Gasteiger partial charge in [-0.15, -0.1) is 0 Å². The van der Waals surface area contributed by atoms with Gasteiger partial charge in [0.15, 0.2) is 0 Å². The molecule has 0 aliphatic heterocycles. The topological polar surface area (TPSA) is 75.1 Å². The van der Waals surface area contributed by atoms with Crippen molar-refractivity contribution in [1.82, 2.24) is 19.9 Å². The minimum atomic E-state index is -0.199. The van der Waals surface area contributed by atoms with Crippen molar-refractivity contribution in [3.05, 3.63) is 85.5 Å². The molecule has 0 N–H and O–H groups in total. The molecule has 7 nitrogen and oxygen atoms in total. The van der Waals surface area contributed by atoms with Crippen molar-refractivity contribution in [2.75, 3.05) is 23.9 Å². The first-order valence-corrected chi connectivity index (χ1v) is 9.40. The van der Waals surface area contributed by atoms with E-state index in [2.05, 4.69) is 19.9 Å². The van der Waals surface area contributed by atoms with E-state index < -0.39 is 0 Å². The van der Waals surface area contributed by atoms with Crippen molar-refractivity contribution in [2.24, 2.45) is 0 Å². The lowest BCUT2D eigenvalue weighted by molar-refractivity contribution is 0.253. The molecule has 0 aromatic carbocycles. The van der Waals surface area contributed by atoms with E-state index in [0.29, 0.717) is 11.4 Å². The molecule has 4 aromatic rings. The first kappa shape index (κ1) is 19.2. The zero-order valence-corrected chi connectivity index (χ0v) is 16.7. The van der Waals surface area contributed by atoms with Gasteiger partial charge in [0.2, 0.25) is 0 Å². The lowest BCUT2D eigenvalue weighted by Crippen LogP contribution is -2.39. The number of amides is 2. The molecule has 4 heterocycles. The molecule has 2 amide bonds. The molecule has 0 spiro atoms. The maximum atomic E-state index is 12.9.